The molecule has 0 fully saturated rings. The molecule has 3 nitrogen and oxygen atoms in total. The Bertz CT molecular complexity index is 506. The van der Waals surface area contributed by atoms with Crippen LogP contribution in [0.15, 0.2) is 30.6 Å². The minimum absolute atomic E-state index is 0.170. The van der Waals surface area contributed by atoms with Gasteiger partial charge in [0.05, 0.1) is 5.56 Å². The van der Waals surface area contributed by atoms with Crippen LogP contribution < -0.4 is 0 Å². The Hall–Kier alpha value is -2.17. The molecule has 0 spiro atoms. The third-order valence-corrected chi connectivity index (χ3v) is 1.93. The third kappa shape index (κ3) is 2.08. The van der Waals surface area contributed by atoms with E-state index >= 15 is 0 Å². The number of aldehydes is 1. The lowest BCUT2D eigenvalue weighted by molar-refractivity contribution is 0.112. The van der Waals surface area contributed by atoms with Crippen molar-refractivity contribution in [3.63, 3.8) is 0 Å². The summed E-state index contributed by atoms with van der Waals surface area (Å²) >= 11 is 0. The zero-order valence-electron chi connectivity index (χ0n) is 8.02. The van der Waals surface area contributed by atoms with Crippen molar-refractivity contribution < 1.29 is 13.6 Å². The number of benzene rings is 1. The van der Waals surface area contributed by atoms with Gasteiger partial charge >= 0.3 is 0 Å². The number of halogens is 2. The first-order chi connectivity index (χ1) is 7.69. The minimum atomic E-state index is -0.696. The van der Waals surface area contributed by atoms with Crippen molar-refractivity contribution in [2.45, 2.75) is 0 Å². The van der Waals surface area contributed by atoms with Gasteiger partial charge in [-0.25, -0.2) is 18.7 Å². The smallest absolute Gasteiger partial charge is 0.159 e. The second kappa shape index (κ2) is 4.14. The highest BCUT2D eigenvalue weighted by atomic mass is 19.1. The summed E-state index contributed by atoms with van der Waals surface area (Å²) < 4.78 is 25.8. The fourth-order valence-corrected chi connectivity index (χ4v) is 1.23. The van der Waals surface area contributed by atoms with Crippen LogP contribution in [0.2, 0.25) is 0 Å². The lowest BCUT2D eigenvalue weighted by Crippen LogP contribution is -1.92. The van der Waals surface area contributed by atoms with Crippen molar-refractivity contribution in [2.24, 2.45) is 0 Å². The fraction of sp³-hybridized carbons (Fsp3) is 0. The maximum absolute atomic E-state index is 12.9. The van der Waals surface area contributed by atoms with Crippen LogP contribution in [0.3, 0.4) is 0 Å². The van der Waals surface area contributed by atoms with E-state index in [-0.39, 0.29) is 11.4 Å². The monoisotopic (exact) mass is 220 g/mol. The van der Waals surface area contributed by atoms with E-state index in [4.69, 9.17) is 0 Å². The van der Waals surface area contributed by atoms with E-state index in [0.29, 0.717) is 11.8 Å². The van der Waals surface area contributed by atoms with Gasteiger partial charge in [-0.15, -0.1) is 0 Å². The molecule has 1 aromatic carbocycles. The Morgan fingerprint density at radius 2 is 1.56 bits per heavy atom. The molecule has 0 bridgehead atoms. The van der Waals surface area contributed by atoms with Gasteiger partial charge in [0.2, 0.25) is 0 Å². The Kier molecular flexibility index (Phi) is 2.68. The Labute approximate surface area is 89.8 Å². The summed E-state index contributed by atoms with van der Waals surface area (Å²) in [7, 11) is 0. The van der Waals surface area contributed by atoms with E-state index < -0.39 is 11.6 Å². The molecule has 80 valence electrons. The quantitative estimate of drug-likeness (QED) is 0.729. The van der Waals surface area contributed by atoms with Crippen molar-refractivity contribution in [2.75, 3.05) is 0 Å². The van der Waals surface area contributed by atoms with Crippen molar-refractivity contribution >= 4 is 6.29 Å². The second-order valence-electron chi connectivity index (χ2n) is 3.12. The van der Waals surface area contributed by atoms with Crippen LogP contribution in [0, 0.1) is 11.6 Å². The first kappa shape index (κ1) is 10.4. The highest BCUT2D eigenvalue weighted by molar-refractivity contribution is 5.73. The van der Waals surface area contributed by atoms with Gasteiger partial charge in [0.25, 0.3) is 0 Å². The van der Waals surface area contributed by atoms with Crippen LogP contribution in [0.1, 0.15) is 10.4 Å². The maximum Gasteiger partial charge on any atom is 0.159 e. The van der Waals surface area contributed by atoms with E-state index in [9.17, 15) is 13.6 Å². The van der Waals surface area contributed by atoms with Crippen LogP contribution in [0.5, 0.6) is 0 Å². The number of carbonyl (C=O) groups is 1. The van der Waals surface area contributed by atoms with Crippen LogP contribution in [0.4, 0.5) is 8.78 Å². The van der Waals surface area contributed by atoms with Gasteiger partial charge < -0.3 is 0 Å². The average Bonchev–Trinajstić information content (AvgIpc) is 2.28. The lowest BCUT2D eigenvalue weighted by Gasteiger charge is -2.00. The van der Waals surface area contributed by atoms with Crippen molar-refractivity contribution in [1.82, 2.24) is 9.97 Å². The standard InChI is InChI=1S/C11H6F2N2O/c12-9-1-8(2-10(13)3-9)11-14-4-7(6-16)5-15-11/h1-6H. The van der Waals surface area contributed by atoms with Gasteiger partial charge in [0.15, 0.2) is 12.1 Å². The molecule has 2 rings (SSSR count). The number of hydrogen-bond acceptors (Lipinski definition) is 3. The molecule has 0 aliphatic carbocycles. The molecule has 0 amide bonds. The molecule has 1 heterocycles. The predicted octanol–water partition coefficient (Wildman–Crippen LogP) is 2.23. The number of aromatic nitrogens is 2. The number of nitrogens with zero attached hydrogens (tertiary/aromatic N) is 2. The molecule has 2 aromatic rings. The molecule has 0 N–H and O–H groups in total. The molecule has 0 saturated carbocycles. The Morgan fingerprint density at radius 1 is 1.00 bits per heavy atom. The summed E-state index contributed by atoms with van der Waals surface area (Å²) in [5.74, 6) is -1.22. The van der Waals surface area contributed by atoms with Crippen LogP contribution >= 0.6 is 0 Å². The molecular weight excluding hydrogens is 214 g/mol. The number of hydrogen-bond donors (Lipinski definition) is 0. The summed E-state index contributed by atoms with van der Waals surface area (Å²) in [5.41, 5.74) is 0.538. The minimum Gasteiger partial charge on any atom is -0.298 e. The maximum atomic E-state index is 12.9. The topological polar surface area (TPSA) is 42.9 Å². The van der Waals surface area contributed by atoms with Gasteiger partial charge in [0, 0.05) is 24.0 Å². The highest BCUT2D eigenvalue weighted by Gasteiger charge is 2.05. The fourth-order valence-electron chi connectivity index (χ4n) is 1.23. The van der Waals surface area contributed by atoms with Gasteiger partial charge in [-0.3, -0.25) is 4.79 Å². The van der Waals surface area contributed by atoms with Gasteiger partial charge in [-0.2, -0.15) is 0 Å². The van der Waals surface area contributed by atoms with Gasteiger partial charge in [0.1, 0.15) is 11.6 Å². The third-order valence-electron chi connectivity index (χ3n) is 1.93. The van der Waals surface area contributed by atoms with E-state index in [0.717, 1.165) is 18.2 Å². The van der Waals surface area contributed by atoms with Gasteiger partial charge in [-0.1, -0.05) is 0 Å². The van der Waals surface area contributed by atoms with Gasteiger partial charge in [-0.05, 0) is 12.1 Å². The van der Waals surface area contributed by atoms with E-state index in [2.05, 4.69) is 9.97 Å². The zero-order chi connectivity index (χ0) is 11.5. The molecule has 5 heteroatoms. The molecule has 0 atom stereocenters. The van der Waals surface area contributed by atoms with E-state index in [1.807, 2.05) is 0 Å². The van der Waals surface area contributed by atoms with Crippen molar-refractivity contribution in [3.8, 4) is 11.4 Å². The number of carbonyl (C=O) groups excluding carboxylic acids is 1. The first-order valence-electron chi connectivity index (χ1n) is 4.43. The molecule has 0 aliphatic heterocycles. The average molecular weight is 220 g/mol. The van der Waals surface area contributed by atoms with E-state index in [1.165, 1.54) is 12.4 Å². The Morgan fingerprint density at radius 3 is 2.06 bits per heavy atom. The summed E-state index contributed by atoms with van der Waals surface area (Å²) in [6.07, 6.45) is 3.17. The normalized spacial score (nSPS) is 10.1. The summed E-state index contributed by atoms with van der Waals surface area (Å²) in [4.78, 5) is 18.0. The molecule has 16 heavy (non-hydrogen) atoms. The molecule has 0 aliphatic rings. The van der Waals surface area contributed by atoms with E-state index in [1.54, 1.807) is 0 Å². The van der Waals surface area contributed by atoms with Crippen molar-refractivity contribution in [1.29, 1.82) is 0 Å². The molecule has 0 saturated heterocycles. The molecule has 0 radical (unpaired) electrons. The lowest BCUT2D eigenvalue weighted by atomic mass is 10.2. The zero-order valence-corrected chi connectivity index (χ0v) is 8.02. The SMILES string of the molecule is O=Cc1cnc(-c2cc(F)cc(F)c2)nc1. The summed E-state index contributed by atoms with van der Waals surface area (Å²) in [5, 5.41) is 0. The predicted molar refractivity (Wildman–Crippen MR) is 52.8 cm³/mol. The first-order valence-corrected chi connectivity index (χ1v) is 4.43. The highest BCUT2D eigenvalue weighted by Crippen LogP contribution is 2.17. The molecule has 1 aromatic heterocycles. The Balaban J connectivity index is 2.45. The van der Waals surface area contributed by atoms with Crippen LogP contribution in [0.25, 0.3) is 11.4 Å². The molecule has 0 unspecified atom stereocenters. The largest absolute Gasteiger partial charge is 0.298 e. The van der Waals surface area contributed by atoms with Crippen molar-refractivity contribution in [3.05, 3.63) is 47.8 Å². The number of rotatable bonds is 2. The second-order valence-corrected chi connectivity index (χ2v) is 3.12. The molecular formula is C11H6F2N2O. The summed E-state index contributed by atoms with van der Waals surface area (Å²) in [6, 6.07) is 3.02. The summed E-state index contributed by atoms with van der Waals surface area (Å²) in [6.45, 7) is 0. The van der Waals surface area contributed by atoms with Crippen LogP contribution in [-0.2, 0) is 0 Å². The van der Waals surface area contributed by atoms with Crippen LogP contribution in [-0.4, -0.2) is 16.3 Å².